The first-order valence-electron chi connectivity index (χ1n) is 5.71. The molecule has 0 saturated carbocycles. The highest BCUT2D eigenvalue weighted by molar-refractivity contribution is 5.69. The average molecular weight is 224 g/mol. The average Bonchev–Trinajstić information content (AvgIpc) is 2.42. The number of rotatable bonds is 4. The Bertz CT molecular complexity index is 273. The van der Waals surface area contributed by atoms with Crippen LogP contribution in [0.2, 0.25) is 0 Å². The third kappa shape index (κ3) is 4.21. The van der Waals surface area contributed by atoms with Gasteiger partial charge in [0.15, 0.2) is 0 Å². The molecular formula is C12H20N2O2. The monoisotopic (exact) mass is 224 g/mol. The van der Waals surface area contributed by atoms with Crippen LogP contribution in [-0.2, 0) is 4.79 Å². The highest BCUT2D eigenvalue weighted by Gasteiger charge is 2.22. The molecule has 1 saturated heterocycles. The molecule has 1 unspecified atom stereocenters. The fourth-order valence-corrected chi connectivity index (χ4v) is 2.19. The number of carboxylic acids is 1. The normalized spacial score (nSPS) is 22.7. The van der Waals surface area contributed by atoms with Gasteiger partial charge in [0.05, 0.1) is 13.1 Å². The third-order valence-corrected chi connectivity index (χ3v) is 3.07. The van der Waals surface area contributed by atoms with Gasteiger partial charge in [-0.3, -0.25) is 9.69 Å². The summed E-state index contributed by atoms with van der Waals surface area (Å²) in [5.74, 6) is 1.75. The van der Waals surface area contributed by atoms with Crippen molar-refractivity contribution in [3.8, 4) is 12.3 Å². The number of terminal acetylenes is 1. The van der Waals surface area contributed by atoms with E-state index >= 15 is 0 Å². The molecule has 0 spiro atoms. The van der Waals surface area contributed by atoms with Gasteiger partial charge in [-0.2, -0.15) is 0 Å². The summed E-state index contributed by atoms with van der Waals surface area (Å²) in [6.07, 6.45) is 8.44. The van der Waals surface area contributed by atoms with Crippen LogP contribution >= 0.6 is 0 Å². The van der Waals surface area contributed by atoms with Gasteiger partial charge in [0.2, 0.25) is 0 Å². The summed E-state index contributed by atoms with van der Waals surface area (Å²) in [6.45, 7) is 2.60. The van der Waals surface area contributed by atoms with Crippen molar-refractivity contribution < 1.29 is 9.90 Å². The number of carbonyl (C=O) groups is 1. The van der Waals surface area contributed by atoms with Crippen molar-refractivity contribution in [2.45, 2.75) is 25.3 Å². The van der Waals surface area contributed by atoms with E-state index in [1.807, 2.05) is 4.90 Å². The zero-order valence-electron chi connectivity index (χ0n) is 9.85. The molecule has 1 fully saturated rings. The van der Waals surface area contributed by atoms with E-state index in [1.165, 1.54) is 0 Å². The Morgan fingerprint density at radius 3 is 2.94 bits per heavy atom. The molecule has 0 bridgehead atoms. The predicted molar refractivity (Wildman–Crippen MR) is 63.2 cm³/mol. The van der Waals surface area contributed by atoms with Crippen molar-refractivity contribution in [2.24, 2.45) is 0 Å². The van der Waals surface area contributed by atoms with Crippen molar-refractivity contribution in [1.29, 1.82) is 0 Å². The first-order chi connectivity index (χ1) is 7.63. The van der Waals surface area contributed by atoms with E-state index in [0.29, 0.717) is 12.6 Å². The fraction of sp³-hybridized carbons (Fsp3) is 0.750. The fourth-order valence-electron chi connectivity index (χ4n) is 2.19. The van der Waals surface area contributed by atoms with Gasteiger partial charge in [0.1, 0.15) is 0 Å². The molecule has 0 aliphatic carbocycles. The topological polar surface area (TPSA) is 43.8 Å². The van der Waals surface area contributed by atoms with Crippen LogP contribution in [0.1, 0.15) is 19.3 Å². The number of aliphatic carboxylic acids is 1. The molecule has 1 rings (SSSR count). The van der Waals surface area contributed by atoms with Crippen LogP contribution in [0.3, 0.4) is 0 Å². The number of hydrogen-bond acceptors (Lipinski definition) is 3. The van der Waals surface area contributed by atoms with Crippen LogP contribution in [0.15, 0.2) is 0 Å². The van der Waals surface area contributed by atoms with Gasteiger partial charge in [-0.1, -0.05) is 5.92 Å². The summed E-state index contributed by atoms with van der Waals surface area (Å²) < 4.78 is 0. The van der Waals surface area contributed by atoms with E-state index < -0.39 is 5.97 Å². The second-order valence-electron chi connectivity index (χ2n) is 4.39. The van der Waals surface area contributed by atoms with Crippen molar-refractivity contribution in [3.63, 3.8) is 0 Å². The second kappa shape index (κ2) is 6.51. The Morgan fingerprint density at radius 1 is 1.56 bits per heavy atom. The largest absolute Gasteiger partial charge is 0.480 e. The Hall–Kier alpha value is -1.05. The Labute approximate surface area is 97.2 Å². The van der Waals surface area contributed by atoms with Gasteiger partial charge in [-0.15, -0.1) is 6.42 Å². The first kappa shape index (κ1) is 13.0. The molecule has 0 amide bonds. The quantitative estimate of drug-likeness (QED) is 0.706. The number of carboxylic acid groups (broad SMARTS) is 1. The van der Waals surface area contributed by atoms with Gasteiger partial charge < -0.3 is 10.0 Å². The van der Waals surface area contributed by atoms with Crippen LogP contribution in [0.5, 0.6) is 0 Å². The van der Waals surface area contributed by atoms with E-state index in [2.05, 4.69) is 17.9 Å². The first-order valence-corrected chi connectivity index (χ1v) is 5.71. The molecule has 1 atom stereocenters. The summed E-state index contributed by atoms with van der Waals surface area (Å²) in [6, 6.07) is 0.317. The summed E-state index contributed by atoms with van der Waals surface area (Å²) in [7, 11) is 2.10. The zero-order chi connectivity index (χ0) is 12.0. The van der Waals surface area contributed by atoms with Crippen LogP contribution in [0.25, 0.3) is 0 Å². The standard InChI is InChI=1S/C12H20N2O2/c1-3-7-14(10-12(15)16)11-5-4-8-13(2)9-6-11/h1,11H,4-10H2,2H3,(H,15,16). The maximum Gasteiger partial charge on any atom is 0.317 e. The second-order valence-corrected chi connectivity index (χ2v) is 4.39. The lowest BCUT2D eigenvalue weighted by atomic mass is 10.1. The lowest BCUT2D eigenvalue weighted by Crippen LogP contribution is -2.39. The molecule has 90 valence electrons. The Morgan fingerprint density at radius 2 is 2.31 bits per heavy atom. The van der Waals surface area contributed by atoms with Crippen molar-refractivity contribution in [2.75, 3.05) is 33.2 Å². The number of likely N-dealkylation sites (tertiary alicyclic amines) is 1. The molecular weight excluding hydrogens is 204 g/mol. The summed E-state index contributed by atoms with van der Waals surface area (Å²) >= 11 is 0. The highest BCUT2D eigenvalue weighted by Crippen LogP contribution is 2.15. The van der Waals surface area contributed by atoms with Gasteiger partial charge in [-0.25, -0.2) is 0 Å². The Balaban J connectivity index is 2.55. The lowest BCUT2D eigenvalue weighted by molar-refractivity contribution is -0.138. The zero-order valence-corrected chi connectivity index (χ0v) is 9.85. The van der Waals surface area contributed by atoms with Crippen LogP contribution in [0.4, 0.5) is 0 Å². The van der Waals surface area contributed by atoms with E-state index in [9.17, 15) is 4.79 Å². The summed E-state index contributed by atoms with van der Waals surface area (Å²) in [4.78, 5) is 14.9. The van der Waals surface area contributed by atoms with E-state index in [0.717, 1.165) is 32.4 Å². The molecule has 1 heterocycles. The van der Waals surface area contributed by atoms with Crippen LogP contribution in [0, 0.1) is 12.3 Å². The van der Waals surface area contributed by atoms with Gasteiger partial charge in [0.25, 0.3) is 0 Å². The molecule has 1 aliphatic rings. The molecule has 1 aliphatic heterocycles. The number of nitrogens with zero attached hydrogens (tertiary/aromatic N) is 2. The van der Waals surface area contributed by atoms with Crippen LogP contribution < -0.4 is 0 Å². The van der Waals surface area contributed by atoms with Gasteiger partial charge >= 0.3 is 5.97 Å². The summed E-state index contributed by atoms with van der Waals surface area (Å²) in [5, 5.41) is 8.84. The molecule has 0 aromatic heterocycles. The SMILES string of the molecule is C#CCN(CC(=O)O)C1CCCN(C)CC1. The smallest absolute Gasteiger partial charge is 0.317 e. The minimum Gasteiger partial charge on any atom is -0.480 e. The molecule has 1 N–H and O–H groups in total. The lowest BCUT2D eigenvalue weighted by Gasteiger charge is -2.27. The Kier molecular flexibility index (Phi) is 5.30. The highest BCUT2D eigenvalue weighted by atomic mass is 16.4. The molecule has 4 heteroatoms. The molecule has 0 aromatic carbocycles. The molecule has 16 heavy (non-hydrogen) atoms. The molecule has 0 aromatic rings. The molecule has 4 nitrogen and oxygen atoms in total. The maximum absolute atomic E-state index is 10.8. The maximum atomic E-state index is 10.8. The van der Waals surface area contributed by atoms with Gasteiger partial charge in [-0.05, 0) is 39.4 Å². The third-order valence-electron chi connectivity index (χ3n) is 3.07. The van der Waals surface area contributed by atoms with Crippen molar-refractivity contribution >= 4 is 5.97 Å². The minimum atomic E-state index is -0.798. The van der Waals surface area contributed by atoms with Crippen molar-refractivity contribution in [1.82, 2.24) is 9.80 Å². The van der Waals surface area contributed by atoms with E-state index in [1.54, 1.807) is 0 Å². The number of hydrogen-bond donors (Lipinski definition) is 1. The minimum absolute atomic E-state index is 0.0541. The van der Waals surface area contributed by atoms with E-state index in [-0.39, 0.29) is 6.54 Å². The summed E-state index contributed by atoms with van der Waals surface area (Å²) in [5.41, 5.74) is 0. The van der Waals surface area contributed by atoms with Crippen molar-refractivity contribution in [3.05, 3.63) is 0 Å². The van der Waals surface area contributed by atoms with E-state index in [4.69, 9.17) is 11.5 Å². The molecule has 0 radical (unpaired) electrons. The van der Waals surface area contributed by atoms with Crippen LogP contribution in [-0.4, -0.2) is 60.1 Å². The predicted octanol–water partition coefficient (Wildman–Crippen LogP) is 0.491. The van der Waals surface area contributed by atoms with Gasteiger partial charge in [0, 0.05) is 6.04 Å².